The van der Waals surface area contributed by atoms with Crippen molar-refractivity contribution in [1.29, 1.82) is 0 Å². The lowest BCUT2D eigenvalue weighted by atomic mass is 9.96. The zero-order valence-corrected chi connectivity index (χ0v) is 14.5. The summed E-state index contributed by atoms with van der Waals surface area (Å²) in [4.78, 5) is 16.7. The van der Waals surface area contributed by atoms with Crippen molar-refractivity contribution in [2.45, 2.75) is 25.7 Å². The van der Waals surface area contributed by atoms with Crippen LogP contribution in [0.1, 0.15) is 18.4 Å². The van der Waals surface area contributed by atoms with Crippen LogP contribution in [0.15, 0.2) is 24.3 Å². The number of amides is 1. The topological polar surface area (TPSA) is 42.0 Å². The first-order valence-electron chi connectivity index (χ1n) is 8.84. The number of carbonyl (C=O) groups excluding carboxylic acids is 1. The molecule has 0 aromatic heterocycles. The Kier molecular flexibility index (Phi) is 6.03. The van der Waals surface area contributed by atoms with E-state index in [-0.39, 0.29) is 17.6 Å². The molecule has 144 valence electrons. The molecule has 0 saturated carbocycles. The molecule has 5 nitrogen and oxygen atoms in total. The Morgan fingerprint density at radius 3 is 2.50 bits per heavy atom. The van der Waals surface area contributed by atoms with Crippen LogP contribution in [0.3, 0.4) is 0 Å². The molecular formula is C18H23F3N2O3. The zero-order valence-electron chi connectivity index (χ0n) is 14.5. The number of nitrogens with zero attached hydrogens (tertiary/aromatic N) is 2. The molecule has 2 heterocycles. The summed E-state index contributed by atoms with van der Waals surface area (Å²) in [6.07, 6.45) is -2.86. The number of morpholine rings is 1. The summed E-state index contributed by atoms with van der Waals surface area (Å²) >= 11 is 0. The fourth-order valence-corrected chi connectivity index (χ4v) is 3.50. The fourth-order valence-electron chi connectivity index (χ4n) is 3.50. The molecular weight excluding hydrogens is 349 g/mol. The van der Waals surface area contributed by atoms with Crippen LogP contribution in [0.4, 0.5) is 13.2 Å². The number of benzene rings is 1. The average Bonchev–Trinajstić information content (AvgIpc) is 2.62. The first-order valence-corrected chi connectivity index (χ1v) is 8.84. The van der Waals surface area contributed by atoms with Gasteiger partial charge < -0.3 is 14.4 Å². The van der Waals surface area contributed by atoms with Crippen LogP contribution in [0.25, 0.3) is 0 Å². The van der Waals surface area contributed by atoms with Gasteiger partial charge in [-0.25, -0.2) is 0 Å². The SMILES string of the molecule is O=C(C1CCCN(Cc2ccc(OC(F)(F)F)cc2)C1)N1CCOCC1. The lowest BCUT2D eigenvalue weighted by Gasteiger charge is -2.36. The third-order valence-corrected chi connectivity index (χ3v) is 4.74. The van der Waals surface area contributed by atoms with Gasteiger partial charge >= 0.3 is 6.36 Å². The van der Waals surface area contributed by atoms with E-state index in [1.54, 1.807) is 12.1 Å². The monoisotopic (exact) mass is 372 g/mol. The predicted octanol–water partition coefficient (Wildman–Crippen LogP) is 2.66. The molecule has 1 amide bonds. The first kappa shape index (κ1) is 19.0. The van der Waals surface area contributed by atoms with Crippen molar-refractivity contribution < 1.29 is 27.4 Å². The van der Waals surface area contributed by atoms with Gasteiger partial charge in [0.15, 0.2) is 0 Å². The molecule has 1 atom stereocenters. The van der Waals surface area contributed by atoms with E-state index in [9.17, 15) is 18.0 Å². The lowest BCUT2D eigenvalue weighted by Crippen LogP contribution is -2.48. The Bertz CT molecular complexity index is 601. The number of piperidine rings is 1. The van der Waals surface area contributed by atoms with E-state index in [0.717, 1.165) is 24.9 Å². The Hall–Kier alpha value is -1.80. The van der Waals surface area contributed by atoms with E-state index in [4.69, 9.17) is 4.74 Å². The van der Waals surface area contributed by atoms with Crippen LogP contribution < -0.4 is 4.74 Å². The molecule has 1 unspecified atom stereocenters. The van der Waals surface area contributed by atoms with Gasteiger partial charge in [0.1, 0.15) is 5.75 Å². The van der Waals surface area contributed by atoms with E-state index >= 15 is 0 Å². The summed E-state index contributed by atoms with van der Waals surface area (Å²) in [7, 11) is 0. The number of ether oxygens (including phenoxy) is 2. The minimum Gasteiger partial charge on any atom is -0.406 e. The Morgan fingerprint density at radius 1 is 1.15 bits per heavy atom. The second-order valence-corrected chi connectivity index (χ2v) is 6.70. The van der Waals surface area contributed by atoms with Crippen LogP contribution in [-0.4, -0.2) is 61.5 Å². The van der Waals surface area contributed by atoms with Crippen molar-refractivity contribution in [3.05, 3.63) is 29.8 Å². The van der Waals surface area contributed by atoms with Crippen LogP contribution in [0.5, 0.6) is 5.75 Å². The minimum atomic E-state index is -4.68. The highest BCUT2D eigenvalue weighted by Gasteiger charge is 2.31. The van der Waals surface area contributed by atoms with Gasteiger partial charge in [-0.15, -0.1) is 13.2 Å². The first-order chi connectivity index (χ1) is 12.4. The van der Waals surface area contributed by atoms with E-state index in [1.165, 1.54) is 12.1 Å². The number of hydrogen-bond donors (Lipinski definition) is 0. The molecule has 8 heteroatoms. The molecule has 0 radical (unpaired) electrons. The van der Waals surface area contributed by atoms with E-state index in [1.807, 2.05) is 4.90 Å². The molecule has 0 aliphatic carbocycles. The van der Waals surface area contributed by atoms with Crippen molar-refractivity contribution in [1.82, 2.24) is 9.80 Å². The highest BCUT2D eigenvalue weighted by molar-refractivity contribution is 5.79. The van der Waals surface area contributed by atoms with Crippen molar-refractivity contribution in [3.63, 3.8) is 0 Å². The zero-order chi connectivity index (χ0) is 18.6. The number of alkyl halides is 3. The molecule has 1 aromatic rings. The number of rotatable bonds is 4. The maximum absolute atomic E-state index is 12.6. The fraction of sp³-hybridized carbons (Fsp3) is 0.611. The van der Waals surface area contributed by atoms with Crippen LogP contribution in [0, 0.1) is 5.92 Å². The molecule has 0 N–H and O–H groups in total. The van der Waals surface area contributed by atoms with Gasteiger partial charge in [-0.2, -0.15) is 0 Å². The number of hydrogen-bond acceptors (Lipinski definition) is 4. The maximum Gasteiger partial charge on any atom is 0.573 e. The van der Waals surface area contributed by atoms with Crippen molar-refractivity contribution in [3.8, 4) is 5.75 Å². The van der Waals surface area contributed by atoms with Gasteiger partial charge in [-0.3, -0.25) is 9.69 Å². The standard InChI is InChI=1S/C18H23F3N2O3/c19-18(20,21)26-16-5-3-14(4-6-16)12-22-7-1-2-15(13-22)17(24)23-8-10-25-11-9-23/h3-6,15H,1-2,7-13H2. The Morgan fingerprint density at radius 2 is 1.85 bits per heavy atom. The van der Waals surface area contributed by atoms with E-state index in [2.05, 4.69) is 9.64 Å². The highest BCUT2D eigenvalue weighted by Crippen LogP contribution is 2.24. The molecule has 26 heavy (non-hydrogen) atoms. The Balaban J connectivity index is 1.54. The normalized spacial score (nSPS) is 22.3. The third-order valence-electron chi connectivity index (χ3n) is 4.74. The lowest BCUT2D eigenvalue weighted by molar-refractivity contribution is -0.274. The van der Waals surface area contributed by atoms with Crippen molar-refractivity contribution in [2.75, 3.05) is 39.4 Å². The smallest absolute Gasteiger partial charge is 0.406 e. The molecule has 2 aliphatic rings. The molecule has 3 rings (SSSR count). The second kappa shape index (κ2) is 8.26. The van der Waals surface area contributed by atoms with Gasteiger partial charge in [-0.1, -0.05) is 12.1 Å². The summed E-state index contributed by atoms with van der Waals surface area (Å²) in [5.74, 6) is -0.0538. The quantitative estimate of drug-likeness (QED) is 0.815. The number of halogens is 3. The van der Waals surface area contributed by atoms with Gasteiger partial charge in [0, 0.05) is 26.2 Å². The van der Waals surface area contributed by atoms with Gasteiger partial charge in [0.05, 0.1) is 19.1 Å². The molecule has 0 bridgehead atoms. The maximum atomic E-state index is 12.6. The van der Waals surface area contributed by atoms with Gasteiger partial charge in [0.2, 0.25) is 5.91 Å². The average molecular weight is 372 g/mol. The second-order valence-electron chi connectivity index (χ2n) is 6.70. The highest BCUT2D eigenvalue weighted by atomic mass is 19.4. The van der Waals surface area contributed by atoms with Crippen molar-refractivity contribution in [2.24, 2.45) is 5.92 Å². The van der Waals surface area contributed by atoms with Crippen LogP contribution in [0.2, 0.25) is 0 Å². The summed E-state index contributed by atoms with van der Waals surface area (Å²) in [5.41, 5.74) is 0.902. The van der Waals surface area contributed by atoms with E-state index in [0.29, 0.717) is 39.4 Å². The van der Waals surface area contributed by atoms with Crippen LogP contribution >= 0.6 is 0 Å². The summed E-state index contributed by atoms with van der Waals surface area (Å²) in [6, 6.07) is 5.91. The van der Waals surface area contributed by atoms with Gasteiger partial charge in [-0.05, 0) is 37.1 Å². The summed E-state index contributed by atoms with van der Waals surface area (Å²) in [6.45, 7) is 4.65. The minimum absolute atomic E-state index is 0.0188. The molecule has 2 saturated heterocycles. The number of carbonyl (C=O) groups is 1. The van der Waals surface area contributed by atoms with Gasteiger partial charge in [0.25, 0.3) is 0 Å². The molecule has 1 aromatic carbocycles. The molecule has 2 fully saturated rings. The third kappa shape index (κ3) is 5.35. The molecule has 2 aliphatic heterocycles. The van der Waals surface area contributed by atoms with E-state index < -0.39 is 6.36 Å². The number of likely N-dealkylation sites (tertiary alicyclic amines) is 1. The largest absolute Gasteiger partial charge is 0.573 e. The Labute approximate surface area is 150 Å². The molecule has 0 spiro atoms. The summed E-state index contributed by atoms with van der Waals surface area (Å²) < 4.78 is 45.8. The van der Waals surface area contributed by atoms with Crippen LogP contribution in [-0.2, 0) is 16.1 Å². The predicted molar refractivity (Wildman–Crippen MR) is 88.5 cm³/mol. The van der Waals surface area contributed by atoms with Crippen molar-refractivity contribution >= 4 is 5.91 Å². The summed E-state index contributed by atoms with van der Waals surface area (Å²) in [5, 5.41) is 0.